The van der Waals surface area contributed by atoms with Crippen LogP contribution in [0.4, 0.5) is 0 Å². The molecule has 31 heavy (non-hydrogen) atoms. The van der Waals surface area contributed by atoms with Gasteiger partial charge < -0.3 is 4.42 Å². The van der Waals surface area contributed by atoms with Crippen LogP contribution in [0.15, 0.2) is 75.0 Å². The van der Waals surface area contributed by atoms with E-state index in [0.29, 0.717) is 39.8 Å². The van der Waals surface area contributed by atoms with Crippen LogP contribution in [0.3, 0.4) is 0 Å². The molecule has 0 bridgehead atoms. The molecule has 0 aliphatic heterocycles. The highest BCUT2D eigenvalue weighted by Crippen LogP contribution is 2.24. The number of aromatic nitrogens is 1. The zero-order chi connectivity index (χ0) is 21.8. The van der Waals surface area contributed by atoms with Crippen LogP contribution in [0, 0.1) is 0 Å². The smallest absolute Gasteiger partial charge is 0.308 e. The average Bonchev–Trinajstić information content (AvgIpc) is 3.37. The fraction of sp³-hybridized carbons (Fsp3) is 0.190. The topological polar surface area (TPSA) is 81.3 Å². The maximum absolute atomic E-state index is 12.7. The van der Waals surface area contributed by atoms with Gasteiger partial charge in [0.1, 0.15) is 5.76 Å². The molecule has 0 spiro atoms. The second-order valence-corrected chi connectivity index (χ2v) is 11.0. The second-order valence-electron chi connectivity index (χ2n) is 6.70. The molecule has 0 radical (unpaired) electrons. The van der Waals surface area contributed by atoms with E-state index in [9.17, 15) is 13.2 Å². The molecule has 0 fully saturated rings. The monoisotopic (exact) mass is 494 g/mol. The zero-order valence-corrected chi connectivity index (χ0v) is 19.5. The molecule has 4 aromatic rings. The molecule has 2 aromatic carbocycles. The van der Waals surface area contributed by atoms with Gasteiger partial charge in [-0.1, -0.05) is 41.1 Å². The highest BCUT2D eigenvalue weighted by atomic mass is 35.5. The Morgan fingerprint density at radius 1 is 1.13 bits per heavy atom. The van der Waals surface area contributed by atoms with Gasteiger partial charge in [0.15, 0.2) is 0 Å². The van der Waals surface area contributed by atoms with Gasteiger partial charge in [0.25, 0.3) is 0 Å². The first-order valence-electron chi connectivity index (χ1n) is 9.40. The van der Waals surface area contributed by atoms with Gasteiger partial charge in [0.2, 0.25) is 10.0 Å². The minimum Gasteiger partial charge on any atom is -0.468 e. The number of fused-ring (bicyclic) bond motifs is 1. The maximum Gasteiger partial charge on any atom is 0.308 e. The van der Waals surface area contributed by atoms with Gasteiger partial charge >= 0.3 is 4.87 Å². The minimum absolute atomic E-state index is 0.141. The van der Waals surface area contributed by atoms with Crippen molar-refractivity contribution in [1.82, 2.24) is 9.29 Å². The summed E-state index contributed by atoms with van der Waals surface area (Å²) < 4.78 is 35.4. The molecule has 0 unspecified atom stereocenters. The number of nitrogens with zero attached hydrogens (tertiary/aromatic N) is 1. The van der Waals surface area contributed by atoms with E-state index in [1.165, 1.54) is 6.07 Å². The van der Waals surface area contributed by atoms with Crippen molar-refractivity contribution in [3.05, 3.63) is 86.9 Å². The normalized spacial score (nSPS) is 11.9. The van der Waals surface area contributed by atoms with E-state index in [1.807, 2.05) is 30.3 Å². The second kappa shape index (κ2) is 9.62. The van der Waals surface area contributed by atoms with E-state index < -0.39 is 10.0 Å². The summed E-state index contributed by atoms with van der Waals surface area (Å²) in [5.41, 5.74) is 1.51. The lowest BCUT2D eigenvalue weighted by atomic mass is 10.2. The SMILES string of the molecule is O=c1sc2cc(S(=O)(=O)NCCSCc3ccco3)ccc2n1Cc1ccccc1Cl. The predicted octanol–water partition coefficient (Wildman–Crippen LogP) is 4.57. The molecule has 0 aliphatic carbocycles. The molecule has 1 N–H and O–H groups in total. The first kappa shape index (κ1) is 22.2. The van der Waals surface area contributed by atoms with E-state index in [-0.39, 0.29) is 9.77 Å². The number of nitrogens with one attached hydrogen (secondary N) is 1. The van der Waals surface area contributed by atoms with Crippen molar-refractivity contribution in [1.29, 1.82) is 0 Å². The first-order chi connectivity index (χ1) is 14.9. The van der Waals surface area contributed by atoms with Crippen molar-refractivity contribution in [2.24, 2.45) is 0 Å². The third-order valence-corrected chi connectivity index (χ3v) is 8.35. The van der Waals surface area contributed by atoms with Crippen molar-refractivity contribution in [2.75, 3.05) is 12.3 Å². The van der Waals surface area contributed by atoms with E-state index in [2.05, 4.69) is 4.72 Å². The molecule has 0 atom stereocenters. The molecule has 0 aliphatic rings. The summed E-state index contributed by atoms with van der Waals surface area (Å²) >= 11 is 8.83. The molecule has 162 valence electrons. The number of hydrogen-bond donors (Lipinski definition) is 1. The van der Waals surface area contributed by atoms with Crippen LogP contribution in [0.25, 0.3) is 10.2 Å². The number of benzene rings is 2. The fourth-order valence-electron chi connectivity index (χ4n) is 3.06. The molecule has 10 heteroatoms. The summed E-state index contributed by atoms with van der Waals surface area (Å²) in [6.07, 6.45) is 1.62. The Balaban J connectivity index is 1.46. The summed E-state index contributed by atoms with van der Waals surface area (Å²) in [4.78, 5) is 12.5. The van der Waals surface area contributed by atoms with Crippen molar-refractivity contribution in [2.45, 2.75) is 17.2 Å². The third kappa shape index (κ3) is 5.24. The van der Waals surface area contributed by atoms with Gasteiger partial charge in [-0.3, -0.25) is 9.36 Å². The molecule has 0 saturated carbocycles. The Kier molecular flexibility index (Phi) is 6.88. The van der Waals surface area contributed by atoms with Gasteiger partial charge in [0, 0.05) is 17.3 Å². The highest BCUT2D eigenvalue weighted by Gasteiger charge is 2.17. The van der Waals surface area contributed by atoms with Crippen molar-refractivity contribution in [3.8, 4) is 0 Å². The Morgan fingerprint density at radius 3 is 2.74 bits per heavy atom. The fourth-order valence-corrected chi connectivity index (χ4v) is 6.20. The van der Waals surface area contributed by atoms with E-state index in [0.717, 1.165) is 22.7 Å². The number of sulfonamides is 1. The van der Waals surface area contributed by atoms with Crippen LogP contribution in [0.1, 0.15) is 11.3 Å². The Hall–Kier alpha value is -2.04. The van der Waals surface area contributed by atoms with Gasteiger partial charge in [-0.2, -0.15) is 11.8 Å². The minimum atomic E-state index is -3.67. The standard InChI is InChI=1S/C21H19ClN2O4S3/c22-18-6-2-1-4-15(18)13-24-19-8-7-17(12-20(19)30-21(24)25)31(26,27)23-9-11-29-14-16-5-3-10-28-16/h1-8,10,12,23H,9,11,13-14H2. The maximum atomic E-state index is 12.7. The van der Waals surface area contributed by atoms with Crippen LogP contribution in [0.2, 0.25) is 5.02 Å². The lowest BCUT2D eigenvalue weighted by Gasteiger charge is -2.08. The number of thioether (sulfide) groups is 1. The average molecular weight is 495 g/mol. The summed E-state index contributed by atoms with van der Waals surface area (Å²) in [5.74, 6) is 2.16. The first-order valence-corrected chi connectivity index (χ1v) is 13.2. The number of halogens is 1. The Morgan fingerprint density at radius 2 is 1.97 bits per heavy atom. The Bertz CT molecular complexity index is 1340. The van der Waals surface area contributed by atoms with Crippen molar-refractivity contribution in [3.63, 3.8) is 0 Å². The van der Waals surface area contributed by atoms with Crippen LogP contribution in [0.5, 0.6) is 0 Å². The molecule has 2 aromatic heterocycles. The zero-order valence-electron chi connectivity index (χ0n) is 16.3. The van der Waals surface area contributed by atoms with Gasteiger partial charge in [-0.05, 0) is 42.0 Å². The number of furan rings is 1. The van der Waals surface area contributed by atoms with Gasteiger partial charge in [0.05, 0.1) is 33.7 Å². The number of hydrogen-bond acceptors (Lipinski definition) is 6. The quantitative estimate of drug-likeness (QED) is 0.345. The van der Waals surface area contributed by atoms with Crippen LogP contribution >= 0.6 is 34.7 Å². The van der Waals surface area contributed by atoms with Crippen LogP contribution in [-0.4, -0.2) is 25.3 Å². The van der Waals surface area contributed by atoms with E-state index in [1.54, 1.807) is 40.8 Å². The Labute approximate surface area is 192 Å². The van der Waals surface area contributed by atoms with Gasteiger partial charge in [-0.25, -0.2) is 13.1 Å². The molecule has 0 amide bonds. The summed E-state index contributed by atoms with van der Waals surface area (Å²) in [6.45, 7) is 0.630. The summed E-state index contributed by atoms with van der Waals surface area (Å²) in [7, 11) is -3.67. The van der Waals surface area contributed by atoms with E-state index >= 15 is 0 Å². The molecule has 2 heterocycles. The lowest BCUT2D eigenvalue weighted by Crippen LogP contribution is -2.26. The van der Waals surface area contributed by atoms with Crippen molar-refractivity contribution < 1.29 is 12.8 Å². The predicted molar refractivity (Wildman–Crippen MR) is 127 cm³/mol. The largest absolute Gasteiger partial charge is 0.468 e. The van der Waals surface area contributed by atoms with E-state index in [4.69, 9.17) is 16.0 Å². The molecular weight excluding hydrogens is 476 g/mol. The summed E-state index contributed by atoms with van der Waals surface area (Å²) in [5, 5.41) is 0.585. The lowest BCUT2D eigenvalue weighted by molar-refractivity contribution is 0.530. The molecule has 6 nitrogen and oxygen atoms in total. The number of thiazole rings is 1. The highest BCUT2D eigenvalue weighted by molar-refractivity contribution is 7.98. The molecule has 4 rings (SSSR count). The van der Waals surface area contributed by atoms with Crippen molar-refractivity contribution >= 4 is 54.9 Å². The summed E-state index contributed by atoms with van der Waals surface area (Å²) in [6, 6.07) is 15.8. The molecular formula is C21H19ClN2O4S3. The van der Waals surface area contributed by atoms with Crippen LogP contribution in [-0.2, 0) is 22.3 Å². The third-order valence-electron chi connectivity index (χ3n) is 4.60. The van der Waals surface area contributed by atoms with Gasteiger partial charge in [-0.15, -0.1) is 0 Å². The molecule has 0 saturated heterocycles. The number of rotatable bonds is 9. The van der Waals surface area contributed by atoms with Crippen LogP contribution < -0.4 is 9.60 Å².